The van der Waals surface area contributed by atoms with E-state index in [4.69, 9.17) is 11.6 Å². The summed E-state index contributed by atoms with van der Waals surface area (Å²) in [6.45, 7) is 2.33. The number of hydrogen-bond acceptors (Lipinski definition) is 2. The van der Waals surface area contributed by atoms with Crippen LogP contribution in [-0.4, -0.2) is 11.8 Å². The third-order valence-corrected chi connectivity index (χ3v) is 4.90. The fraction of sp³-hybridized carbons (Fsp3) is 0.300. The minimum atomic E-state index is -0.245. The van der Waals surface area contributed by atoms with Crippen LogP contribution in [0.2, 0.25) is 5.02 Å². The Morgan fingerprint density at radius 3 is 2.40 bits per heavy atom. The second-order valence-electron chi connectivity index (χ2n) is 6.40. The molecule has 4 nitrogen and oxygen atoms in total. The lowest BCUT2D eigenvalue weighted by Gasteiger charge is -2.14. The van der Waals surface area contributed by atoms with E-state index in [9.17, 15) is 9.59 Å². The molecule has 0 aliphatic heterocycles. The zero-order valence-electron chi connectivity index (χ0n) is 14.0. The highest BCUT2D eigenvalue weighted by Crippen LogP contribution is 2.39. The molecule has 1 saturated carbocycles. The minimum absolute atomic E-state index is 0.0609. The molecule has 2 N–H and O–H groups in total. The molecule has 130 valence electrons. The van der Waals surface area contributed by atoms with Crippen molar-refractivity contribution in [2.75, 3.05) is 0 Å². The van der Waals surface area contributed by atoms with Gasteiger partial charge in [0.05, 0.1) is 17.9 Å². The monoisotopic (exact) mass is 356 g/mol. The second-order valence-corrected chi connectivity index (χ2v) is 6.81. The van der Waals surface area contributed by atoms with Gasteiger partial charge in [0.2, 0.25) is 11.8 Å². The van der Waals surface area contributed by atoms with Gasteiger partial charge < -0.3 is 10.6 Å². The Morgan fingerprint density at radius 1 is 1.04 bits per heavy atom. The van der Waals surface area contributed by atoms with E-state index in [0.29, 0.717) is 18.0 Å². The van der Waals surface area contributed by atoms with Crippen molar-refractivity contribution >= 4 is 23.4 Å². The van der Waals surface area contributed by atoms with Crippen LogP contribution in [0.3, 0.4) is 0 Å². The van der Waals surface area contributed by atoms with Gasteiger partial charge in [0, 0.05) is 11.6 Å². The van der Waals surface area contributed by atoms with Crippen molar-refractivity contribution in [3.8, 4) is 0 Å². The van der Waals surface area contributed by atoms with E-state index < -0.39 is 0 Å². The van der Waals surface area contributed by atoms with Gasteiger partial charge in [-0.15, -0.1) is 0 Å². The molecule has 3 unspecified atom stereocenters. The third kappa shape index (κ3) is 4.40. The molecular weight excluding hydrogens is 336 g/mol. The van der Waals surface area contributed by atoms with Crippen LogP contribution in [-0.2, 0) is 16.1 Å². The van der Waals surface area contributed by atoms with Crippen molar-refractivity contribution in [2.45, 2.75) is 25.9 Å². The lowest BCUT2D eigenvalue weighted by Crippen LogP contribution is -2.31. The summed E-state index contributed by atoms with van der Waals surface area (Å²) in [7, 11) is 0. The second kappa shape index (κ2) is 7.70. The first-order valence-electron chi connectivity index (χ1n) is 8.42. The maximum Gasteiger partial charge on any atom is 0.224 e. The average molecular weight is 357 g/mol. The SMILES string of the molecule is CC(NC(=O)C1CC1C(=O)NCc1ccccc1Cl)c1ccccc1. The molecule has 0 aromatic heterocycles. The lowest BCUT2D eigenvalue weighted by atomic mass is 10.1. The third-order valence-electron chi connectivity index (χ3n) is 4.53. The molecule has 2 aromatic carbocycles. The lowest BCUT2D eigenvalue weighted by molar-refractivity contribution is -0.127. The average Bonchev–Trinajstić information content (AvgIpc) is 3.42. The number of hydrogen-bond donors (Lipinski definition) is 2. The van der Waals surface area contributed by atoms with E-state index in [0.717, 1.165) is 11.1 Å². The Bertz CT molecular complexity index is 763. The van der Waals surface area contributed by atoms with Crippen molar-refractivity contribution in [3.63, 3.8) is 0 Å². The normalized spacial score (nSPS) is 19.8. The van der Waals surface area contributed by atoms with Gasteiger partial charge in [-0.05, 0) is 30.5 Å². The van der Waals surface area contributed by atoms with Gasteiger partial charge in [-0.2, -0.15) is 0 Å². The zero-order valence-corrected chi connectivity index (χ0v) is 14.8. The minimum Gasteiger partial charge on any atom is -0.352 e. The number of amides is 2. The standard InChI is InChI=1S/C20H21ClN2O2/c1-13(14-7-3-2-4-8-14)23-20(25)17-11-16(17)19(24)22-12-15-9-5-6-10-18(15)21/h2-10,13,16-17H,11-12H2,1H3,(H,22,24)(H,23,25). The van der Waals surface area contributed by atoms with Gasteiger partial charge in [-0.1, -0.05) is 60.1 Å². The van der Waals surface area contributed by atoms with Crippen molar-refractivity contribution in [2.24, 2.45) is 11.8 Å². The van der Waals surface area contributed by atoms with Crippen molar-refractivity contribution < 1.29 is 9.59 Å². The van der Waals surface area contributed by atoms with Crippen molar-refractivity contribution in [1.82, 2.24) is 10.6 Å². The van der Waals surface area contributed by atoms with E-state index in [1.54, 1.807) is 6.07 Å². The molecule has 0 heterocycles. The smallest absolute Gasteiger partial charge is 0.224 e. The summed E-state index contributed by atoms with van der Waals surface area (Å²) in [5.41, 5.74) is 1.92. The van der Waals surface area contributed by atoms with Crippen LogP contribution in [0.25, 0.3) is 0 Å². The molecule has 3 rings (SSSR count). The van der Waals surface area contributed by atoms with Crippen LogP contribution in [0.1, 0.15) is 30.5 Å². The van der Waals surface area contributed by atoms with E-state index in [2.05, 4.69) is 10.6 Å². The number of rotatable bonds is 6. The Labute approximate surface area is 152 Å². The van der Waals surface area contributed by atoms with Gasteiger partial charge in [-0.25, -0.2) is 0 Å². The molecule has 1 aliphatic rings. The molecule has 2 amide bonds. The molecule has 25 heavy (non-hydrogen) atoms. The molecule has 0 radical (unpaired) electrons. The Morgan fingerprint density at radius 2 is 1.68 bits per heavy atom. The predicted molar refractivity (Wildman–Crippen MR) is 97.9 cm³/mol. The number of halogens is 1. The Kier molecular flexibility index (Phi) is 5.39. The maximum atomic E-state index is 12.3. The van der Waals surface area contributed by atoms with Crippen molar-refractivity contribution in [3.05, 3.63) is 70.7 Å². The zero-order chi connectivity index (χ0) is 17.8. The van der Waals surface area contributed by atoms with Gasteiger partial charge in [-0.3, -0.25) is 9.59 Å². The molecule has 0 bridgehead atoms. The molecule has 5 heteroatoms. The molecule has 2 aromatic rings. The van der Waals surface area contributed by atoms with Crippen LogP contribution < -0.4 is 10.6 Å². The number of carbonyl (C=O) groups excluding carboxylic acids is 2. The highest BCUT2D eigenvalue weighted by molar-refractivity contribution is 6.31. The van der Waals surface area contributed by atoms with Gasteiger partial charge >= 0.3 is 0 Å². The van der Waals surface area contributed by atoms with E-state index in [-0.39, 0.29) is 29.7 Å². The topological polar surface area (TPSA) is 58.2 Å². The summed E-state index contributed by atoms with van der Waals surface area (Å²) in [6, 6.07) is 17.1. The first-order chi connectivity index (χ1) is 12.1. The maximum absolute atomic E-state index is 12.3. The van der Waals surface area contributed by atoms with E-state index >= 15 is 0 Å². The summed E-state index contributed by atoms with van der Waals surface area (Å²) in [5.74, 6) is -0.635. The summed E-state index contributed by atoms with van der Waals surface area (Å²) in [4.78, 5) is 24.5. The van der Waals surface area contributed by atoms with Crippen LogP contribution in [0.4, 0.5) is 0 Å². The highest BCUT2D eigenvalue weighted by Gasteiger charge is 2.48. The quantitative estimate of drug-likeness (QED) is 0.832. The van der Waals surface area contributed by atoms with Crippen molar-refractivity contribution in [1.29, 1.82) is 0 Å². The fourth-order valence-electron chi connectivity index (χ4n) is 2.88. The summed E-state index contributed by atoms with van der Waals surface area (Å²) < 4.78 is 0. The predicted octanol–water partition coefficient (Wildman–Crippen LogP) is 3.47. The van der Waals surface area contributed by atoms with Crippen LogP contribution in [0, 0.1) is 11.8 Å². The Balaban J connectivity index is 1.47. The van der Waals surface area contributed by atoms with Gasteiger partial charge in [0.1, 0.15) is 0 Å². The van der Waals surface area contributed by atoms with Crippen LogP contribution >= 0.6 is 11.6 Å². The molecule has 1 aliphatic carbocycles. The van der Waals surface area contributed by atoms with Gasteiger partial charge in [0.25, 0.3) is 0 Å². The first kappa shape index (κ1) is 17.5. The summed E-state index contributed by atoms with van der Waals surface area (Å²) >= 11 is 6.08. The highest BCUT2D eigenvalue weighted by atomic mass is 35.5. The summed E-state index contributed by atoms with van der Waals surface area (Å²) in [5, 5.41) is 6.48. The number of nitrogens with one attached hydrogen (secondary N) is 2. The number of carbonyl (C=O) groups is 2. The molecule has 3 atom stereocenters. The molecule has 0 spiro atoms. The molecule has 1 fully saturated rings. The van der Waals surface area contributed by atoms with E-state index in [1.165, 1.54) is 0 Å². The molecule has 0 saturated heterocycles. The largest absolute Gasteiger partial charge is 0.352 e. The van der Waals surface area contributed by atoms with Crippen LogP contribution in [0.15, 0.2) is 54.6 Å². The molecular formula is C20H21ClN2O2. The Hall–Kier alpha value is -2.33. The number of benzene rings is 2. The van der Waals surface area contributed by atoms with Crippen LogP contribution in [0.5, 0.6) is 0 Å². The summed E-state index contributed by atoms with van der Waals surface area (Å²) in [6.07, 6.45) is 0.599. The van der Waals surface area contributed by atoms with Gasteiger partial charge in [0.15, 0.2) is 0 Å². The van der Waals surface area contributed by atoms with E-state index in [1.807, 2.05) is 55.5 Å². The fourth-order valence-corrected chi connectivity index (χ4v) is 3.08. The first-order valence-corrected chi connectivity index (χ1v) is 8.80.